The van der Waals surface area contributed by atoms with Crippen LogP contribution in [0.25, 0.3) is 0 Å². The molecule has 0 N–H and O–H groups in total. The molecule has 4 nitrogen and oxygen atoms in total. The zero-order valence-electron chi connectivity index (χ0n) is 13.9. The van der Waals surface area contributed by atoms with Gasteiger partial charge in [-0.05, 0) is 11.1 Å². The van der Waals surface area contributed by atoms with Gasteiger partial charge in [0.15, 0.2) is 5.16 Å². The first-order valence-corrected chi connectivity index (χ1v) is 9.19. The average molecular weight is 350 g/mol. The van der Waals surface area contributed by atoms with Crippen LogP contribution < -0.4 is 10.3 Å². The van der Waals surface area contributed by atoms with Gasteiger partial charge in [-0.15, -0.1) is 0 Å². The third kappa shape index (κ3) is 2.85. The van der Waals surface area contributed by atoms with E-state index in [1.165, 1.54) is 0 Å². The van der Waals surface area contributed by atoms with Gasteiger partial charge < -0.3 is 4.74 Å². The maximum absolute atomic E-state index is 13.3. The van der Waals surface area contributed by atoms with E-state index in [1.54, 1.807) is 23.4 Å². The van der Waals surface area contributed by atoms with Gasteiger partial charge in [-0.2, -0.15) is 4.98 Å². The number of ether oxygens (including phenoxy) is 1. The Hall–Kier alpha value is -2.53. The fourth-order valence-electron chi connectivity index (χ4n) is 3.29. The predicted octanol–water partition coefficient (Wildman–Crippen LogP) is 3.54. The molecule has 2 aromatic carbocycles. The third-order valence-electron chi connectivity index (χ3n) is 4.43. The Morgan fingerprint density at radius 3 is 2.20 bits per heavy atom. The van der Waals surface area contributed by atoms with Crippen LogP contribution in [0.5, 0.6) is 5.88 Å². The van der Waals surface area contributed by atoms with Crippen LogP contribution in [-0.2, 0) is 6.54 Å². The fraction of sp³-hybridized carbons (Fsp3) is 0.200. The smallest absolute Gasteiger partial charge is 0.262 e. The Morgan fingerprint density at radius 2 is 1.64 bits per heavy atom. The molecule has 1 aromatic heterocycles. The third-order valence-corrected chi connectivity index (χ3v) is 5.38. The molecule has 0 bridgehead atoms. The molecule has 0 saturated carbocycles. The van der Waals surface area contributed by atoms with Crippen LogP contribution in [0.15, 0.2) is 70.6 Å². The van der Waals surface area contributed by atoms with E-state index in [1.807, 2.05) is 60.7 Å². The van der Waals surface area contributed by atoms with Gasteiger partial charge in [-0.1, -0.05) is 72.4 Å². The molecular weight excluding hydrogens is 332 g/mol. The number of fused-ring (bicyclic) bond motifs is 1. The van der Waals surface area contributed by atoms with Gasteiger partial charge in [0, 0.05) is 18.2 Å². The normalized spacial score (nSPS) is 13.0. The molecule has 2 heterocycles. The van der Waals surface area contributed by atoms with Crippen molar-refractivity contribution >= 4 is 11.8 Å². The van der Waals surface area contributed by atoms with Crippen molar-refractivity contribution in [3.8, 4) is 5.88 Å². The summed E-state index contributed by atoms with van der Waals surface area (Å²) >= 11 is 1.60. The summed E-state index contributed by atoms with van der Waals surface area (Å²) in [6.45, 7) is 0.694. The Balaban J connectivity index is 1.99. The van der Waals surface area contributed by atoms with Crippen LogP contribution in [-0.4, -0.2) is 22.4 Å². The zero-order chi connectivity index (χ0) is 17.2. The SMILES string of the molecule is COc1nc2n(c(=O)c1C(c1ccccc1)c1ccccc1)CCS2. The van der Waals surface area contributed by atoms with E-state index in [9.17, 15) is 4.79 Å². The highest BCUT2D eigenvalue weighted by Crippen LogP contribution is 2.36. The Bertz CT molecular complexity index is 900. The second-order valence-corrected chi connectivity index (χ2v) is 6.94. The minimum Gasteiger partial charge on any atom is -0.481 e. The van der Waals surface area contributed by atoms with Gasteiger partial charge in [-0.3, -0.25) is 9.36 Å². The average Bonchev–Trinajstić information content (AvgIpc) is 3.14. The van der Waals surface area contributed by atoms with Crippen molar-refractivity contribution in [1.82, 2.24) is 9.55 Å². The van der Waals surface area contributed by atoms with Gasteiger partial charge in [0.1, 0.15) is 0 Å². The number of aromatic nitrogens is 2. The molecule has 0 unspecified atom stereocenters. The number of nitrogens with zero attached hydrogens (tertiary/aromatic N) is 2. The maximum atomic E-state index is 13.3. The van der Waals surface area contributed by atoms with E-state index in [0.717, 1.165) is 22.0 Å². The first kappa shape index (κ1) is 16.0. The maximum Gasteiger partial charge on any atom is 0.262 e. The molecule has 0 spiro atoms. The summed E-state index contributed by atoms with van der Waals surface area (Å²) in [7, 11) is 1.58. The molecule has 1 aliphatic heterocycles. The number of methoxy groups -OCH3 is 1. The zero-order valence-corrected chi connectivity index (χ0v) is 14.7. The van der Waals surface area contributed by atoms with Crippen LogP contribution in [0.1, 0.15) is 22.6 Å². The highest BCUT2D eigenvalue weighted by Gasteiger charge is 2.29. The Labute approximate surface area is 150 Å². The van der Waals surface area contributed by atoms with Crippen molar-refractivity contribution in [3.05, 3.63) is 87.7 Å². The lowest BCUT2D eigenvalue weighted by Crippen LogP contribution is -2.28. The summed E-state index contributed by atoms with van der Waals surface area (Å²) in [5, 5.41) is 0.741. The molecule has 4 rings (SSSR count). The first-order chi connectivity index (χ1) is 12.3. The van der Waals surface area contributed by atoms with Crippen molar-refractivity contribution in [2.45, 2.75) is 17.6 Å². The van der Waals surface area contributed by atoms with E-state index >= 15 is 0 Å². The molecule has 1 aliphatic rings. The predicted molar refractivity (Wildman–Crippen MR) is 99.6 cm³/mol. The molecule has 3 aromatic rings. The molecular formula is C20H18N2O2S. The molecule has 0 radical (unpaired) electrons. The number of benzene rings is 2. The van der Waals surface area contributed by atoms with E-state index < -0.39 is 0 Å². The lowest BCUT2D eigenvalue weighted by molar-refractivity contribution is 0.379. The molecule has 0 fully saturated rings. The number of hydrogen-bond acceptors (Lipinski definition) is 4. The highest BCUT2D eigenvalue weighted by molar-refractivity contribution is 7.99. The van der Waals surface area contributed by atoms with Crippen LogP contribution in [0, 0.1) is 0 Å². The van der Waals surface area contributed by atoms with Gasteiger partial charge in [-0.25, -0.2) is 0 Å². The molecule has 0 atom stereocenters. The Kier molecular flexibility index (Phi) is 4.32. The summed E-state index contributed by atoms with van der Waals surface area (Å²) in [6.07, 6.45) is 0. The van der Waals surface area contributed by atoms with Crippen molar-refractivity contribution in [2.24, 2.45) is 0 Å². The largest absolute Gasteiger partial charge is 0.481 e. The molecule has 0 amide bonds. The molecule has 0 saturated heterocycles. The second kappa shape index (κ2) is 6.76. The first-order valence-electron chi connectivity index (χ1n) is 8.21. The van der Waals surface area contributed by atoms with Crippen molar-refractivity contribution in [1.29, 1.82) is 0 Å². The quantitative estimate of drug-likeness (QED) is 0.675. The molecule has 25 heavy (non-hydrogen) atoms. The highest BCUT2D eigenvalue weighted by atomic mass is 32.2. The van der Waals surface area contributed by atoms with Crippen molar-refractivity contribution in [2.75, 3.05) is 12.9 Å². The summed E-state index contributed by atoms with van der Waals surface area (Å²) in [5.41, 5.74) is 2.70. The van der Waals surface area contributed by atoms with Gasteiger partial charge in [0.2, 0.25) is 5.88 Å². The van der Waals surface area contributed by atoms with Crippen LogP contribution >= 0.6 is 11.8 Å². The summed E-state index contributed by atoms with van der Waals surface area (Å²) in [4.78, 5) is 17.9. The lowest BCUT2D eigenvalue weighted by Gasteiger charge is -2.20. The standard InChI is InChI=1S/C20H18N2O2S/c1-24-18-17(19(23)22-12-13-25-20(22)21-18)16(14-8-4-2-5-9-14)15-10-6-3-7-11-15/h2-11,16H,12-13H2,1H3. The number of thioether (sulfide) groups is 1. The van der Waals surface area contributed by atoms with Crippen molar-refractivity contribution < 1.29 is 4.74 Å². The van der Waals surface area contributed by atoms with E-state index in [4.69, 9.17) is 4.74 Å². The number of hydrogen-bond donors (Lipinski definition) is 0. The molecule has 0 aliphatic carbocycles. The topological polar surface area (TPSA) is 44.1 Å². The monoisotopic (exact) mass is 350 g/mol. The van der Waals surface area contributed by atoms with Gasteiger partial charge in [0.05, 0.1) is 12.7 Å². The van der Waals surface area contributed by atoms with Crippen LogP contribution in [0.2, 0.25) is 0 Å². The van der Waals surface area contributed by atoms with E-state index in [-0.39, 0.29) is 11.5 Å². The minimum absolute atomic E-state index is 0.00967. The lowest BCUT2D eigenvalue weighted by atomic mass is 9.86. The van der Waals surface area contributed by atoms with E-state index in [2.05, 4.69) is 4.98 Å². The summed E-state index contributed by atoms with van der Waals surface area (Å²) < 4.78 is 7.30. The van der Waals surface area contributed by atoms with Crippen LogP contribution in [0.3, 0.4) is 0 Å². The Morgan fingerprint density at radius 1 is 1.04 bits per heavy atom. The summed E-state index contributed by atoms with van der Waals surface area (Å²) in [5.74, 6) is 1.08. The van der Waals surface area contributed by atoms with Gasteiger partial charge >= 0.3 is 0 Å². The number of rotatable bonds is 4. The van der Waals surface area contributed by atoms with Crippen molar-refractivity contribution in [3.63, 3.8) is 0 Å². The minimum atomic E-state index is -0.208. The second-order valence-electron chi connectivity index (χ2n) is 5.88. The fourth-order valence-corrected chi connectivity index (χ4v) is 4.22. The molecule has 5 heteroatoms. The van der Waals surface area contributed by atoms with Gasteiger partial charge in [0.25, 0.3) is 5.56 Å². The molecule has 126 valence electrons. The van der Waals surface area contributed by atoms with Crippen LogP contribution in [0.4, 0.5) is 0 Å². The summed E-state index contributed by atoms with van der Waals surface area (Å²) in [6, 6.07) is 20.1. The van der Waals surface area contributed by atoms with E-state index in [0.29, 0.717) is 18.0 Å².